The van der Waals surface area contributed by atoms with Crippen LogP contribution in [-0.4, -0.2) is 28.7 Å². The van der Waals surface area contributed by atoms with Crippen molar-refractivity contribution < 1.29 is 22.7 Å². The summed E-state index contributed by atoms with van der Waals surface area (Å²) in [7, 11) is 0. The molecule has 2 rings (SSSR count). The largest absolute Gasteiger partial charge is 0.468 e. The highest BCUT2D eigenvalue weighted by Crippen LogP contribution is 2.22. The van der Waals surface area contributed by atoms with E-state index in [1.807, 2.05) is 0 Å². The van der Waals surface area contributed by atoms with Gasteiger partial charge in [-0.15, -0.1) is 11.3 Å². The van der Waals surface area contributed by atoms with Crippen LogP contribution in [0.15, 0.2) is 18.3 Å². The number of halogens is 3. The number of rotatable bonds is 7. The molecule has 0 saturated carbocycles. The number of alkyl halides is 3. The summed E-state index contributed by atoms with van der Waals surface area (Å²) in [5.74, 6) is -0.0347. The predicted octanol–water partition coefficient (Wildman–Crippen LogP) is 3.92. The molecule has 1 amide bonds. The number of hydrogen-bond acceptors (Lipinski definition) is 5. The van der Waals surface area contributed by atoms with Crippen LogP contribution in [0, 0.1) is 12.8 Å². The summed E-state index contributed by atoms with van der Waals surface area (Å²) < 4.78 is 41.7. The van der Waals surface area contributed by atoms with Crippen molar-refractivity contribution in [2.45, 2.75) is 39.9 Å². The molecule has 2 heterocycles. The topological polar surface area (TPSA) is 64.1 Å². The molecule has 0 bridgehead atoms. The van der Waals surface area contributed by atoms with E-state index in [9.17, 15) is 18.0 Å². The number of carbonyl (C=O) groups excluding carboxylic acids is 1. The van der Waals surface area contributed by atoms with Crippen LogP contribution in [-0.2, 0) is 13.0 Å². The highest BCUT2D eigenvalue weighted by atomic mass is 32.1. The first-order valence-electron chi connectivity index (χ1n) is 8.03. The van der Waals surface area contributed by atoms with Gasteiger partial charge in [-0.05, 0) is 18.9 Å². The van der Waals surface area contributed by atoms with E-state index in [0.29, 0.717) is 22.1 Å². The SMILES string of the molecule is Cc1nc(CC(C)C)sc1C(=O)NCc1cccnc1OCC(F)(F)F. The van der Waals surface area contributed by atoms with Gasteiger partial charge in [0.15, 0.2) is 6.61 Å². The first-order chi connectivity index (χ1) is 12.2. The van der Waals surface area contributed by atoms with Gasteiger partial charge in [-0.1, -0.05) is 19.9 Å². The number of carbonyl (C=O) groups is 1. The Kier molecular flexibility index (Phi) is 6.57. The molecule has 0 aliphatic carbocycles. The molecule has 1 N–H and O–H groups in total. The highest BCUT2D eigenvalue weighted by Gasteiger charge is 2.29. The lowest BCUT2D eigenvalue weighted by atomic mass is 10.1. The summed E-state index contributed by atoms with van der Waals surface area (Å²) in [5, 5.41) is 3.58. The smallest absolute Gasteiger partial charge is 0.422 e. The molecular formula is C17H20F3N3O2S. The lowest BCUT2D eigenvalue weighted by molar-refractivity contribution is -0.154. The quantitative estimate of drug-likeness (QED) is 0.782. The predicted molar refractivity (Wildman–Crippen MR) is 92.4 cm³/mol. The zero-order chi connectivity index (χ0) is 19.3. The Bertz CT molecular complexity index is 760. The molecule has 0 radical (unpaired) electrons. The van der Waals surface area contributed by atoms with Crippen LogP contribution in [0.4, 0.5) is 13.2 Å². The minimum atomic E-state index is -4.45. The molecule has 0 aliphatic rings. The molecule has 0 fully saturated rings. The zero-order valence-corrected chi connectivity index (χ0v) is 15.5. The van der Waals surface area contributed by atoms with E-state index >= 15 is 0 Å². The summed E-state index contributed by atoms with van der Waals surface area (Å²) in [5.41, 5.74) is 1.01. The van der Waals surface area contributed by atoms with Gasteiger partial charge in [0.2, 0.25) is 5.88 Å². The Hall–Kier alpha value is -2.16. The van der Waals surface area contributed by atoms with Crippen molar-refractivity contribution in [3.8, 4) is 5.88 Å². The molecule has 2 aromatic heterocycles. The molecule has 5 nitrogen and oxygen atoms in total. The van der Waals surface area contributed by atoms with E-state index in [0.717, 1.165) is 11.4 Å². The van der Waals surface area contributed by atoms with E-state index in [2.05, 4.69) is 29.1 Å². The van der Waals surface area contributed by atoms with E-state index in [4.69, 9.17) is 4.74 Å². The van der Waals surface area contributed by atoms with Gasteiger partial charge < -0.3 is 10.1 Å². The fourth-order valence-corrected chi connectivity index (χ4v) is 3.39. The Morgan fingerprint density at radius 1 is 1.38 bits per heavy atom. The summed E-state index contributed by atoms with van der Waals surface area (Å²) >= 11 is 1.33. The van der Waals surface area contributed by atoms with Crippen LogP contribution < -0.4 is 10.1 Å². The number of nitrogens with one attached hydrogen (secondary N) is 1. The van der Waals surface area contributed by atoms with Crippen molar-refractivity contribution in [2.24, 2.45) is 5.92 Å². The van der Waals surface area contributed by atoms with Crippen LogP contribution in [0.5, 0.6) is 5.88 Å². The molecule has 0 aliphatic heterocycles. The first kappa shape index (κ1) is 20.2. The number of nitrogens with zero attached hydrogens (tertiary/aromatic N) is 2. The van der Waals surface area contributed by atoms with Gasteiger partial charge in [-0.25, -0.2) is 9.97 Å². The number of pyridine rings is 1. The fraction of sp³-hybridized carbons (Fsp3) is 0.471. The van der Waals surface area contributed by atoms with Gasteiger partial charge in [-0.2, -0.15) is 13.2 Å². The second kappa shape index (κ2) is 8.48. The van der Waals surface area contributed by atoms with Crippen LogP contribution in [0.3, 0.4) is 0 Å². The minimum absolute atomic E-state index is 0.0106. The number of thiazole rings is 1. The Balaban J connectivity index is 2.03. The molecule has 0 spiro atoms. The average molecular weight is 387 g/mol. The molecule has 0 saturated heterocycles. The van der Waals surface area contributed by atoms with E-state index in [-0.39, 0.29) is 18.3 Å². The summed E-state index contributed by atoms with van der Waals surface area (Å²) in [6.45, 7) is 4.48. The Morgan fingerprint density at radius 3 is 2.77 bits per heavy atom. The number of aromatic nitrogens is 2. The summed E-state index contributed by atoms with van der Waals surface area (Å²) in [6.07, 6.45) is -2.33. The highest BCUT2D eigenvalue weighted by molar-refractivity contribution is 7.13. The van der Waals surface area contributed by atoms with Crippen molar-refractivity contribution in [3.05, 3.63) is 39.5 Å². The lowest BCUT2D eigenvalue weighted by Crippen LogP contribution is -2.24. The minimum Gasteiger partial charge on any atom is -0.468 e. The second-order valence-electron chi connectivity index (χ2n) is 6.17. The van der Waals surface area contributed by atoms with Crippen molar-refractivity contribution >= 4 is 17.2 Å². The maximum absolute atomic E-state index is 12.4. The van der Waals surface area contributed by atoms with Crippen molar-refractivity contribution in [1.29, 1.82) is 0 Å². The van der Waals surface area contributed by atoms with Gasteiger partial charge in [-0.3, -0.25) is 4.79 Å². The molecule has 0 aromatic carbocycles. The molecule has 2 aromatic rings. The van der Waals surface area contributed by atoms with Crippen LogP contribution in [0.2, 0.25) is 0 Å². The summed E-state index contributed by atoms with van der Waals surface area (Å²) in [6, 6.07) is 3.13. The second-order valence-corrected chi connectivity index (χ2v) is 7.26. The molecule has 0 unspecified atom stereocenters. The number of ether oxygens (including phenoxy) is 1. The molecular weight excluding hydrogens is 367 g/mol. The maximum atomic E-state index is 12.4. The van der Waals surface area contributed by atoms with Gasteiger partial charge in [0, 0.05) is 24.7 Å². The zero-order valence-electron chi connectivity index (χ0n) is 14.7. The maximum Gasteiger partial charge on any atom is 0.422 e. The number of hydrogen-bond donors (Lipinski definition) is 1. The van der Waals surface area contributed by atoms with Crippen LogP contribution >= 0.6 is 11.3 Å². The van der Waals surface area contributed by atoms with Crippen molar-refractivity contribution in [3.63, 3.8) is 0 Å². The van der Waals surface area contributed by atoms with E-state index in [1.165, 1.54) is 17.5 Å². The standard InChI is InChI=1S/C17H20F3N3O2S/c1-10(2)7-13-23-11(3)14(26-13)15(24)22-8-12-5-4-6-21-16(12)25-9-17(18,19)20/h4-6,10H,7-9H2,1-3H3,(H,22,24). The Morgan fingerprint density at radius 2 is 2.12 bits per heavy atom. The third-order valence-electron chi connectivity index (χ3n) is 3.29. The van der Waals surface area contributed by atoms with Crippen LogP contribution in [0.1, 0.15) is 39.8 Å². The third kappa shape index (κ3) is 5.98. The van der Waals surface area contributed by atoms with Gasteiger partial charge in [0.1, 0.15) is 4.88 Å². The molecule has 26 heavy (non-hydrogen) atoms. The molecule has 142 valence electrons. The van der Waals surface area contributed by atoms with Crippen molar-refractivity contribution in [2.75, 3.05) is 6.61 Å². The van der Waals surface area contributed by atoms with E-state index in [1.54, 1.807) is 19.1 Å². The molecule has 0 atom stereocenters. The third-order valence-corrected chi connectivity index (χ3v) is 4.47. The fourth-order valence-electron chi connectivity index (χ4n) is 2.19. The Labute approximate surface area is 153 Å². The molecule has 9 heteroatoms. The van der Waals surface area contributed by atoms with Gasteiger partial charge >= 0.3 is 6.18 Å². The number of aryl methyl sites for hydroxylation is 1. The van der Waals surface area contributed by atoms with Gasteiger partial charge in [0.05, 0.1) is 10.7 Å². The van der Waals surface area contributed by atoms with E-state index < -0.39 is 12.8 Å². The van der Waals surface area contributed by atoms with Crippen LogP contribution in [0.25, 0.3) is 0 Å². The normalized spacial score (nSPS) is 11.7. The monoisotopic (exact) mass is 387 g/mol. The summed E-state index contributed by atoms with van der Waals surface area (Å²) in [4.78, 5) is 21.1. The lowest BCUT2D eigenvalue weighted by Gasteiger charge is -2.12. The first-order valence-corrected chi connectivity index (χ1v) is 8.85. The average Bonchev–Trinajstić information content (AvgIpc) is 2.90. The van der Waals surface area contributed by atoms with Gasteiger partial charge in [0.25, 0.3) is 5.91 Å². The number of amides is 1. The van der Waals surface area contributed by atoms with Crippen molar-refractivity contribution in [1.82, 2.24) is 15.3 Å².